The Morgan fingerprint density at radius 1 is 1.28 bits per heavy atom. The number of anilines is 1. The number of amides is 1. The number of H-pyrrole nitrogens is 1. The molecule has 8 nitrogen and oxygen atoms in total. The fraction of sp³-hybridized carbons (Fsp3) is 0.400. The molecule has 1 aliphatic carbocycles. The Morgan fingerprint density at radius 2 is 2.07 bits per heavy atom. The minimum Gasteiger partial charge on any atom is -0.462 e. The Morgan fingerprint density at radius 3 is 2.79 bits per heavy atom. The molecule has 1 aliphatic rings. The number of hydrogen-bond acceptors (Lipinski definition) is 7. The zero-order valence-corrected chi connectivity index (χ0v) is 17.0. The van der Waals surface area contributed by atoms with Crippen LogP contribution in [0.4, 0.5) is 5.00 Å². The molecule has 0 fully saturated rings. The molecule has 9 heteroatoms. The predicted molar refractivity (Wildman–Crippen MR) is 107 cm³/mol. The molecule has 2 aromatic heterocycles. The highest BCUT2D eigenvalue weighted by Gasteiger charge is 2.29. The number of ether oxygens (including phenoxy) is 2. The summed E-state index contributed by atoms with van der Waals surface area (Å²) in [6.45, 7) is 3.53. The van der Waals surface area contributed by atoms with Crippen molar-refractivity contribution in [2.24, 2.45) is 5.92 Å². The van der Waals surface area contributed by atoms with Gasteiger partial charge in [-0.15, -0.1) is 11.3 Å². The fourth-order valence-electron chi connectivity index (χ4n) is 3.21. The van der Waals surface area contributed by atoms with Crippen LogP contribution in [0.3, 0.4) is 0 Å². The molecule has 0 aliphatic heterocycles. The number of aromatic nitrogens is 1. The minimum atomic E-state index is -0.896. The third kappa shape index (κ3) is 4.73. The summed E-state index contributed by atoms with van der Waals surface area (Å²) >= 11 is 1.35. The molecule has 1 amide bonds. The summed E-state index contributed by atoms with van der Waals surface area (Å²) in [5.41, 5.74) is 0.531. The summed E-state index contributed by atoms with van der Waals surface area (Å²) in [6.07, 6.45) is 3.95. The van der Waals surface area contributed by atoms with Crippen molar-refractivity contribution in [3.63, 3.8) is 0 Å². The number of thiophene rings is 1. The van der Waals surface area contributed by atoms with Crippen LogP contribution in [0.5, 0.6) is 0 Å². The van der Waals surface area contributed by atoms with Crippen LogP contribution in [0.25, 0.3) is 0 Å². The molecular formula is C20H22N2O6S. The van der Waals surface area contributed by atoms with E-state index in [1.54, 1.807) is 6.92 Å². The van der Waals surface area contributed by atoms with Gasteiger partial charge in [-0.05, 0) is 49.8 Å². The van der Waals surface area contributed by atoms with Gasteiger partial charge in [0.25, 0.3) is 11.5 Å². The van der Waals surface area contributed by atoms with Crippen molar-refractivity contribution < 1.29 is 23.9 Å². The molecule has 2 N–H and O–H groups in total. The first-order valence-corrected chi connectivity index (χ1v) is 10.2. The number of hydrogen-bond donors (Lipinski definition) is 2. The highest BCUT2D eigenvalue weighted by atomic mass is 32.1. The topological polar surface area (TPSA) is 115 Å². The molecule has 2 heterocycles. The summed E-state index contributed by atoms with van der Waals surface area (Å²) in [5, 5.41) is 3.06. The number of fused-ring (bicyclic) bond motifs is 1. The van der Waals surface area contributed by atoms with Gasteiger partial charge in [0.2, 0.25) is 0 Å². The third-order valence-corrected chi connectivity index (χ3v) is 5.79. The van der Waals surface area contributed by atoms with E-state index in [4.69, 9.17) is 9.47 Å². The number of carbonyl (C=O) groups excluding carboxylic acids is 3. The van der Waals surface area contributed by atoms with Gasteiger partial charge < -0.3 is 19.8 Å². The predicted octanol–water partition coefficient (Wildman–Crippen LogP) is 2.53. The molecule has 154 valence electrons. The Labute approximate surface area is 171 Å². The van der Waals surface area contributed by atoms with Gasteiger partial charge in [-0.2, -0.15) is 0 Å². The molecule has 0 spiro atoms. The summed E-state index contributed by atoms with van der Waals surface area (Å²) < 4.78 is 10.1. The lowest BCUT2D eigenvalue weighted by Gasteiger charge is -2.18. The maximum absolute atomic E-state index is 12.5. The van der Waals surface area contributed by atoms with Crippen molar-refractivity contribution in [1.29, 1.82) is 0 Å². The number of aromatic amines is 1. The molecule has 0 aromatic carbocycles. The summed E-state index contributed by atoms with van der Waals surface area (Å²) in [7, 11) is 0. The first-order valence-electron chi connectivity index (χ1n) is 9.37. The Kier molecular flexibility index (Phi) is 6.48. The number of rotatable bonds is 6. The maximum atomic E-state index is 12.5. The molecule has 0 saturated heterocycles. The third-order valence-electron chi connectivity index (χ3n) is 4.62. The molecule has 29 heavy (non-hydrogen) atoms. The van der Waals surface area contributed by atoms with Gasteiger partial charge in [-0.25, -0.2) is 9.59 Å². The van der Waals surface area contributed by atoms with E-state index < -0.39 is 30.0 Å². The van der Waals surface area contributed by atoms with E-state index in [9.17, 15) is 19.2 Å². The number of esters is 2. The van der Waals surface area contributed by atoms with Gasteiger partial charge in [-0.1, -0.05) is 6.92 Å². The van der Waals surface area contributed by atoms with Crippen LogP contribution in [0, 0.1) is 5.92 Å². The Bertz CT molecular complexity index is 993. The van der Waals surface area contributed by atoms with Gasteiger partial charge >= 0.3 is 11.9 Å². The molecule has 0 bridgehead atoms. The standard InChI is InChI=1S/C20H22N2O6S/c1-3-27-20(26)16-12-7-6-11(2)9-14(12)29-18(16)22-15(23)10-28-19(25)13-5-4-8-21-17(13)24/h4-5,8,11H,3,6-7,9-10H2,1-2H3,(H,21,24)(H,22,23)/t11-/m0/s1. The highest BCUT2D eigenvalue weighted by molar-refractivity contribution is 7.17. The lowest BCUT2D eigenvalue weighted by atomic mass is 9.88. The zero-order chi connectivity index (χ0) is 21.0. The molecule has 0 radical (unpaired) electrons. The minimum absolute atomic E-state index is 0.187. The average Bonchev–Trinajstić information content (AvgIpc) is 3.03. The molecule has 0 unspecified atom stereocenters. The molecule has 2 aromatic rings. The highest BCUT2D eigenvalue weighted by Crippen LogP contribution is 2.40. The van der Waals surface area contributed by atoms with E-state index in [1.807, 2.05) is 0 Å². The van der Waals surface area contributed by atoms with E-state index in [2.05, 4.69) is 17.2 Å². The van der Waals surface area contributed by atoms with Crippen molar-refractivity contribution in [3.05, 3.63) is 50.3 Å². The summed E-state index contributed by atoms with van der Waals surface area (Å²) in [5.74, 6) is -1.46. The molecular weight excluding hydrogens is 396 g/mol. The van der Waals surface area contributed by atoms with Crippen molar-refractivity contribution in [2.45, 2.75) is 33.1 Å². The monoisotopic (exact) mass is 418 g/mol. The number of pyridine rings is 1. The second kappa shape index (κ2) is 9.04. The van der Waals surface area contributed by atoms with Gasteiger partial charge in [0.15, 0.2) is 6.61 Å². The maximum Gasteiger partial charge on any atom is 0.344 e. The summed E-state index contributed by atoms with van der Waals surface area (Å²) in [4.78, 5) is 51.8. The van der Waals surface area contributed by atoms with Gasteiger partial charge in [-0.3, -0.25) is 9.59 Å². The van der Waals surface area contributed by atoms with Gasteiger partial charge in [0.1, 0.15) is 10.6 Å². The van der Waals surface area contributed by atoms with Crippen molar-refractivity contribution >= 4 is 34.2 Å². The van der Waals surface area contributed by atoms with Crippen LogP contribution in [0.1, 0.15) is 51.4 Å². The normalized spacial score (nSPS) is 15.3. The van der Waals surface area contributed by atoms with E-state index in [0.29, 0.717) is 16.5 Å². The largest absolute Gasteiger partial charge is 0.462 e. The van der Waals surface area contributed by atoms with Crippen LogP contribution in [0.15, 0.2) is 23.1 Å². The average molecular weight is 418 g/mol. The zero-order valence-electron chi connectivity index (χ0n) is 16.2. The quantitative estimate of drug-likeness (QED) is 0.697. The van der Waals surface area contributed by atoms with E-state index in [-0.39, 0.29) is 12.2 Å². The summed E-state index contributed by atoms with van der Waals surface area (Å²) in [6, 6.07) is 2.80. The van der Waals surface area contributed by atoms with Gasteiger partial charge in [0.05, 0.1) is 12.2 Å². The van der Waals surface area contributed by atoms with Crippen LogP contribution in [-0.4, -0.2) is 36.0 Å². The number of nitrogens with one attached hydrogen (secondary N) is 2. The van der Waals surface area contributed by atoms with Crippen molar-refractivity contribution in [2.75, 3.05) is 18.5 Å². The second-order valence-corrected chi connectivity index (χ2v) is 7.92. The van der Waals surface area contributed by atoms with Crippen LogP contribution < -0.4 is 10.9 Å². The number of carbonyl (C=O) groups is 3. The fourth-order valence-corrected chi connectivity index (χ4v) is 4.63. The smallest absolute Gasteiger partial charge is 0.344 e. The van der Waals surface area contributed by atoms with Crippen LogP contribution in [-0.2, 0) is 27.1 Å². The Hall–Kier alpha value is -2.94. The van der Waals surface area contributed by atoms with Crippen molar-refractivity contribution in [3.8, 4) is 0 Å². The van der Waals surface area contributed by atoms with E-state index >= 15 is 0 Å². The lowest BCUT2D eigenvalue weighted by molar-refractivity contribution is -0.119. The second-order valence-electron chi connectivity index (χ2n) is 6.81. The Balaban J connectivity index is 1.73. The first-order chi connectivity index (χ1) is 13.9. The van der Waals surface area contributed by atoms with Crippen molar-refractivity contribution in [1.82, 2.24) is 4.98 Å². The van der Waals surface area contributed by atoms with E-state index in [1.165, 1.54) is 29.7 Å². The van der Waals surface area contributed by atoms with Crippen LogP contribution >= 0.6 is 11.3 Å². The first kappa shape index (κ1) is 20.8. The lowest BCUT2D eigenvalue weighted by Crippen LogP contribution is -2.25. The van der Waals surface area contributed by atoms with Gasteiger partial charge in [0, 0.05) is 11.1 Å². The molecule has 1 atom stereocenters. The van der Waals surface area contributed by atoms with E-state index in [0.717, 1.165) is 29.7 Å². The molecule has 0 saturated carbocycles. The molecule has 3 rings (SSSR count). The van der Waals surface area contributed by atoms with Crippen LogP contribution in [0.2, 0.25) is 0 Å². The SMILES string of the molecule is CCOC(=O)c1c(NC(=O)COC(=O)c2ccc[nH]c2=O)sc2c1CC[C@H](C)C2.